The molecule has 0 aromatic carbocycles. The monoisotopic (exact) mass is 292 g/mol. The number of likely N-dealkylation sites (tertiary alicyclic amines) is 1. The van der Waals surface area contributed by atoms with Crippen LogP contribution in [0, 0.1) is 5.92 Å². The summed E-state index contributed by atoms with van der Waals surface area (Å²) in [6.07, 6.45) is 2.18. The molecule has 0 amide bonds. The number of alkyl halides is 3. The fourth-order valence-electron chi connectivity index (χ4n) is 4.16. The summed E-state index contributed by atoms with van der Waals surface area (Å²) in [5.41, 5.74) is 5.68. The molecular weight excluding hydrogens is 265 g/mol. The Morgan fingerprint density at radius 1 is 1.10 bits per heavy atom. The van der Waals surface area contributed by atoms with E-state index in [-0.39, 0.29) is 12.0 Å². The summed E-state index contributed by atoms with van der Waals surface area (Å²) in [5.74, 6) is 0.747. The minimum Gasteiger partial charge on any atom is -0.329 e. The Labute approximate surface area is 119 Å². The molecular formula is C15H27F3N2. The number of rotatable bonds is 5. The predicted molar refractivity (Wildman–Crippen MR) is 74.4 cm³/mol. The molecule has 1 heterocycles. The maximum Gasteiger partial charge on any atom is 0.389 e. The lowest BCUT2D eigenvalue weighted by molar-refractivity contribution is -0.137. The van der Waals surface area contributed by atoms with Crippen LogP contribution in [0.25, 0.3) is 0 Å². The Hall–Kier alpha value is -0.290. The minimum absolute atomic E-state index is 0.186. The quantitative estimate of drug-likeness (QED) is 0.837. The third-order valence-corrected chi connectivity index (χ3v) is 5.30. The summed E-state index contributed by atoms with van der Waals surface area (Å²) < 4.78 is 37.0. The molecule has 0 aromatic rings. The molecule has 0 aromatic heterocycles. The molecule has 2 fully saturated rings. The van der Waals surface area contributed by atoms with Crippen LogP contribution in [-0.2, 0) is 0 Å². The maximum atomic E-state index is 12.3. The largest absolute Gasteiger partial charge is 0.389 e. The van der Waals surface area contributed by atoms with Gasteiger partial charge in [-0.15, -0.1) is 0 Å². The van der Waals surface area contributed by atoms with E-state index in [9.17, 15) is 13.2 Å². The van der Waals surface area contributed by atoms with Crippen LogP contribution in [0.1, 0.15) is 58.3 Å². The van der Waals surface area contributed by atoms with Crippen LogP contribution in [0.2, 0.25) is 0 Å². The first-order valence-corrected chi connectivity index (χ1v) is 7.89. The van der Waals surface area contributed by atoms with Gasteiger partial charge >= 0.3 is 6.18 Å². The number of hydrogen-bond donors (Lipinski definition) is 1. The van der Waals surface area contributed by atoms with Gasteiger partial charge in [0.2, 0.25) is 0 Å². The van der Waals surface area contributed by atoms with Crippen molar-refractivity contribution in [2.75, 3.05) is 13.1 Å². The minimum atomic E-state index is -4.05. The molecule has 20 heavy (non-hydrogen) atoms. The second-order valence-corrected chi connectivity index (χ2v) is 6.76. The molecule has 1 saturated heterocycles. The highest BCUT2D eigenvalue weighted by atomic mass is 19.4. The zero-order valence-electron chi connectivity index (χ0n) is 12.4. The number of piperidine rings is 1. The number of nitrogens with two attached hydrogens (primary N) is 1. The molecule has 2 rings (SSSR count). The summed E-state index contributed by atoms with van der Waals surface area (Å²) in [7, 11) is 0. The van der Waals surface area contributed by atoms with E-state index in [4.69, 9.17) is 5.73 Å². The van der Waals surface area contributed by atoms with Crippen LogP contribution in [0.5, 0.6) is 0 Å². The third-order valence-electron chi connectivity index (χ3n) is 5.30. The van der Waals surface area contributed by atoms with Gasteiger partial charge in [0.15, 0.2) is 0 Å². The second-order valence-electron chi connectivity index (χ2n) is 6.76. The molecule has 0 bridgehead atoms. The Morgan fingerprint density at radius 2 is 1.80 bits per heavy atom. The Kier molecular flexibility index (Phi) is 5.00. The van der Waals surface area contributed by atoms with Gasteiger partial charge in [-0.3, -0.25) is 4.90 Å². The molecule has 1 aliphatic carbocycles. The van der Waals surface area contributed by atoms with Gasteiger partial charge in [-0.2, -0.15) is 13.2 Å². The van der Waals surface area contributed by atoms with Crippen molar-refractivity contribution in [3.8, 4) is 0 Å². The lowest BCUT2D eigenvalue weighted by Crippen LogP contribution is -2.58. The van der Waals surface area contributed by atoms with E-state index in [1.54, 1.807) is 0 Å². The molecule has 2 nitrogen and oxygen atoms in total. The van der Waals surface area contributed by atoms with Gasteiger partial charge in [0.25, 0.3) is 0 Å². The van der Waals surface area contributed by atoms with Crippen LogP contribution in [0.4, 0.5) is 13.2 Å². The van der Waals surface area contributed by atoms with E-state index < -0.39 is 12.6 Å². The Bertz CT molecular complexity index is 319. The molecule has 1 aliphatic heterocycles. The van der Waals surface area contributed by atoms with Crippen molar-refractivity contribution in [3.05, 3.63) is 0 Å². The molecule has 2 aliphatic rings. The van der Waals surface area contributed by atoms with Crippen molar-refractivity contribution in [2.45, 2.75) is 76.0 Å². The van der Waals surface area contributed by atoms with Gasteiger partial charge < -0.3 is 5.73 Å². The summed E-state index contributed by atoms with van der Waals surface area (Å²) >= 11 is 0. The van der Waals surface area contributed by atoms with Gasteiger partial charge in [0, 0.05) is 24.5 Å². The zero-order valence-corrected chi connectivity index (χ0v) is 12.4. The first-order chi connectivity index (χ1) is 9.36. The van der Waals surface area contributed by atoms with Crippen molar-refractivity contribution in [1.29, 1.82) is 0 Å². The van der Waals surface area contributed by atoms with Gasteiger partial charge in [-0.25, -0.2) is 0 Å². The van der Waals surface area contributed by atoms with E-state index in [1.807, 2.05) is 0 Å². The van der Waals surface area contributed by atoms with E-state index >= 15 is 0 Å². The topological polar surface area (TPSA) is 29.3 Å². The first kappa shape index (κ1) is 16.1. The molecule has 1 saturated carbocycles. The van der Waals surface area contributed by atoms with Gasteiger partial charge in [-0.1, -0.05) is 6.42 Å². The third kappa shape index (κ3) is 3.67. The number of hydrogen-bond acceptors (Lipinski definition) is 2. The van der Waals surface area contributed by atoms with Crippen molar-refractivity contribution in [2.24, 2.45) is 11.7 Å². The summed E-state index contributed by atoms with van der Waals surface area (Å²) in [6, 6.07) is 0.559. The van der Waals surface area contributed by atoms with E-state index in [0.717, 1.165) is 18.9 Å². The van der Waals surface area contributed by atoms with Crippen molar-refractivity contribution in [1.82, 2.24) is 4.90 Å². The highest BCUT2D eigenvalue weighted by Crippen LogP contribution is 2.41. The number of fused-ring (bicyclic) bond motifs is 1. The SMILES string of the molecule is CC(CN)(CCCC(F)(F)F)N1CCCC2CCCC21. The smallest absolute Gasteiger partial charge is 0.329 e. The van der Waals surface area contributed by atoms with E-state index in [2.05, 4.69) is 11.8 Å². The standard InChI is InChI=1S/C15H27F3N2/c1-14(11-19,8-4-9-15(16,17)18)20-10-3-6-12-5-2-7-13(12)20/h12-13H,2-11,19H2,1H3. The summed E-state index contributed by atoms with van der Waals surface area (Å²) in [5, 5.41) is 0. The highest BCUT2D eigenvalue weighted by Gasteiger charge is 2.43. The van der Waals surface area contributed by atoms with Crippen LogP contribution in [-0.4, -0.2) is 35.7 Å². The normalized spacial score (nSPS) is 31.1. The van der Waals surface area contributed by atoms with Crippen LogP contribution in [0.3, 0.4) is 0 Å². The van der Waals surface area contributed by atoms with Gasteiger partial charge in [-0.05, 0) is 57.9 Å². The van der Waals surface area contributed by atoms with Crippen LogP contribution >= 0.6 is 0 Å². The van der Waals surface area contributed by atoms with Crippen molar-refractivity contribution >= 4 is 0 Å². The molecule has 3 atom stereocenters. The first-order valence-electron chi connectivity index (χ1n) is 7.89. The van der Waals surface area contributed by atoms with Crippen LogP contribution < -0.4 is 5.73 Å². The fourth-order valence-corrected chi connectivity index (χ4v) is 4.16. The maximum absolute atomic E-state index is 12.3. The summed E-state index contributed by atoms with van der Waals surface area (Å²) in [4.78, 5) is 2.45. The second kappa shape index (κ2) is 6.22. The fraction of sp³-hybridized carbons (Fsp3) is 1.00. The predicted octanol–water partition coefficient (Wildman–Crippen LogP) is 3.70. The number of nitrogens with zero attached hydrogens (tertiary/aromatic N) is 1. The number of halogens is 3. The zero-order chi connectivity index (χ0) is 14.8. The molecule has 3 unspecified atom stereocenters. The van der Waals surface area contributed by atoms with Crippen molar-refractivity contribution in [3.63, 3.8) is 0 Å². The average Bonchev–Trinajstić information content (AvgIpc) is 2.84. The van der Waals surface area contributed by atoms with Crippen molar-refractivity contribution < 1.29 is 13.2 Å². The van der Waals surface area contributed by atoms with Gasteiger partial charge in [0.05, 0.1) is 0 Å². The van der Waals surface area contributed by atoms with E-state index in [0.29, 0.717) is 19.0 Å². The molecule has 5 heteroatoms. The van der Waals surface area contributed by atoms with E-state index in [1.165, 1.54) is 25.7 Å². The highest BCUT2D eigenvalue weighted by molar-refractivity contribution is 4.98. The summed E-state index contributed by atoms with van der Waals surface area (Å²) in [6.45, 7) is 3.51. The van der Waals surface area contributed by atoms with Gasteiger partial charge in [0.1, 0.15) is 0 Å². The molecule has 0 spiro atoms. The van der Waals surface area contributed by atoms with Crippen LogP contribution in [0.15, 0.2) is 0 Å². The lowest BCUT2D eigenvalue weighted by Gasteiger charge is -2.49. The Balaban J connectivity index is 1.97. The molecule has 118 valence electrons. The Morgan fingerprint density at radius 3 is 2.45 bits per heavy atom. The lowest BCUT2D eigenvalue weighted by atomic mass is 9.84. The molecule has 0 radical (unpaired) electrons. The molecule has 2 N–H and O–H groups in total. The average molecular weight is 292 g/mol.